The standard InChI is InChI=1S/C22H28N4O3S.HI/c1-23-22(24-12-7-13-30(28,29)16-17-8-3-2-4-9-17)25-15-18-14-21(27)26-20-11-6-5-10-19(18)20;/h2-6,8-11,18H,7,12-16H2,1H3,(H,26,27)(H2,23,24,25);1H. The summed E-state index contributed by atoms with van der Waals surface area (Å²) in [4.78, 5) is 16.1. The number of benzene rings is 2. The molecule has 0 aromatic heterocycles. The van der Waals surface area contributed by atoms with Crippen LogP contribution in [0.4, 0.5) is 5.69 Å². The SMILES string of the molecule is CN=C(NCCCS(=O)(=O)Cc1ccccc1)NCC1CC(=O)Nc2ccccc21.I. The van der Waals surface area contributed by atoms with Crippen molar-refractivity contribution >= 4 is 51.4 Å². The number of hydrogen-bond donors (Lipinski definition) is 3. The summed E-state index contributed by atoms with van der Waals surface area (Å²) in [6.07, 6.45) is 0.906. The highest BCUT2D eigenvalue weighted by atomic mass is 127. The van der Waals surface area contributed by atoms with Crippen LogP contribution in [0.3, 0.4) is 0 Å². The number of carbonyl (C=O) groups is 1. The van der Waals surface area contributed by atoms with Crippen LogP contribution in [0.15, 0.2) is 59.6 Å². The fourth-order valence-electron chi connectivity index (χ4n) is 3.52. The Balaban J connectivity index is 0.00000341. The smallest absolute Gasteiger partial charge is 0.225 e. The van der Waals surface area contributed by atoms with Crippen LogP contribution < -0.4 is 16.0 Å². The first-order valence-corrected chi connectivity index (χ1v) is 11.9. The Hall–Kier alpha value is -2.14. The van der Waals surface area contributed by atoms with E-state index in [0.717, 1.165) is 16.8 Å². The van der Waals surface area contributed by atoms with Crippen LogP contribution in [0.5, 0.6) is 0 Å². The minimum Gasteiger partial charge on any atom is -0.356 e. The van der Waals surface area contributed by atoms with Crippen LogP contribution in [0.25, 0.3) is 0 Å². The first-order chi connectivity index (χ1) is 14.5. The van der Waals surface area contributed by atoms with Crippen LogP contribution in [-0.4, -0.2) is 46.2 Å². The fourth-order valence-corrected chi connectivity index (χ4v) is 4.95. The van der Waals surface area contributed by atoms with Gasteiger partial charge in [-0.3, -0.25) is 9.79 Å². The van der Waals surface area contributed by atoms with E-state index < -0.39 is 9.84 Å². The molecule has 0 aliphatic carbocycles. The molecular weight excluding hydrogens is 527 g/mol. The van der Waals surface area contributed by atoms with Gasteiger partial charge in [-0.1, -0.05) is 48.5 Å². The van der Waals surface area contributed by atoms with Crippen LogP contribution in [0.2, 0.25) is 0 Å². The quantitative estimate of drug-likeness (QED) is 0.201. The van der Waals surface area contributed by atoms with Crippen molar-refractivity contribution in [2.24, 2.45) is 4.99 Å². The van der Waals surface area contributed by atoms with Crippen LogP contribution in [-0.2, 0) is 20.4 Å². The number of guanidine groups is 1. The van der Waals surface area contributed by atoms with E-state index in [-0.39, 0.29) is 47.3 Å². The summed E-state index contributed by atoms with van der Waals surface area (Å²) in [5.41, 5.74) is 2.76. The van der Waals surface area contributed by atoms with Crippen molar-refractivity contribution in [1.29, 1.82) is 0 Å². The number of anilines is 1. The van der Waals surface area contributed by atoms with E-state index in [9.17, 15) is 13.2 Å². The molecule has 1 aliphatic heterocycles. The lowest BCUT2D eigenvalue weighted by Gasteiger charge is -2.26. The Morgan fingerprint density at radius 1 is 1.10 bits per heavy atom. The van der Waals surface area contributed by atoms with Crippen molar-refractivity contribution in [3.05, 3.63) is 65.7 Å². The molecule has 1 heterocycles. The molecule has 168 valence electrons. The van der Waals surface area contributed by atoms with Gasteiger partial charge in [-0.2, -0.15) is 0 Å². The molecule has 0 fully saturated rings. The van der Waals surface area contributed by atoms with Gasteiger partial charge in [0.15, 0.2) is 15.8 Å². The Bertz CT molecular complexity index is 997. The third kappa shape index (κ3) is 7.80. The molecule has 3 N–H and O–H groups in total. The summed E-state index contributed by atoms with van der Waals surface area (Å²) >= 11 is 0. The maximum atomic E-state index is 12.3. The van der Waals surface area contributed by atoms with Crippen molar-refractivity contribution in [2.75, 3.05) is 31.2 Å². The fraction of sp³-hybridized carbons (Fsp3) is 0.364. The zero-order valence-corrected chi connectivity index (χ0v) is 20.7. The molecule has 0 saturated heterocycles. The van der Waals surface area contributed by atoms with Crippen molar-refractivity contribution in [1.82, 2.24) is 10.6 Å². The molecule has 0 bridgehead atoms. The summed E-state index contributed by atoms with van der Waals surface area (Å²) in [7, 11) is -1.48. The molecule has 0 spiro atoms. The Labute approximate surface area is 201 Å². The summed E-state index contributed by atoms with van der Waals surface area (Å²) in [6, 6.07) is 17.0. The maximum Gasteiger partial charge on any atom is 0.225 e. The highest BCUT2D eigenvalue weighted by Crippen LogP contribution is 2.31. The molecule has 9 heteroatoms. The molecule has 1 atom stereocenters. The van der Waals surface area contributed by atoms with Crippen LogP contribution in [0, 0.1) is 0 Å². The summed E-state index contributed by atoms with van der Waals surface area (Å²) in [5, 5.41) is 9.30. The molecular formula is C22H29IN4O3S. The van der Waals surface area contributed by atoms with E-state index in [2.05, 4.69) is 20.9 Å². The summed E-state index contributed by atoms with van der Waals surface area (Å²) in [6.45, 7) is 1.06. The number of para-hydroxylation sites is 1. The lowest BCUT2D eigenvalue weighted by atomic mass is 9.90. The lowest BCUT2D eigenvalue weighted by molar-refractivity contribution is -0.116. The van der Waals surface area contributed by atoms with E-state index in [4.69, 9.17) is 0 Å². The molecule has 3 rings (SSSR count). The third-order valence-electron chi connectivity index (χ3n) is 5.00. The average Bonchev–Trinajstić information content (AvgIpc) is 2.73. The number of hydrogen-bond acceptors (Lipinski definition) is 4. The molecule has 0 radical (unpaired) electrons. The van der Waals surface area contributed by atoms with Crippen molar-refractivity contribution < 1.29 is 13.2 Å². The number of nitrogens with one attached hydrogen (secondary N) is 3. The average molecular weight is 556 g/mol. The number of rotatable bonds is 8. The van der Waals surface area contributed by atoms with E-state index >= 15 is 0 Å². The molecule has 7 nitrogen and oxygen atoms in total. The monoisotopic (exact) mass is 556 g/mol. The molecule has 2 aromatic rings. The van der Waals surface area contributed by atoms with Gasteiger partial charge in [0.2, 0.25) is 5.91 Å². The van der Waals surface area contributed by atoms with Crippen LogP contribution in [0.1, 0.15) is 29.9 Å². The van der Waals surface area contributed by atoms with Gasteiger partial charge in [-0.25, -0.2) is 8.42 Å². The normalized spacial score (nSPS) is 16.0. The highest BCUT2D eigenvalue weighted by Gasteiger charge is 2.24. The van der Waals surface area contributed by atoms with E-state index in [1.165, 1.54) is 0 Å². The number of nitrogens with zero attached hydrogens (tertiary/aromatic N) is 1. The molecule has 1 unspecified atom stereocenters. The Kier molecular flexibility index (Phi) is 9.76. The molecule has 1 amide bonds. The van der Waals surface area contributed by atoms with Gasteiger partial charge in [0.25, 0.3) is 0 Å². The molecule has 2 aromatic carbocycles. The number of carbonyl (C=O) groups excluding carboxylic acids is 1. The lowest BCUT2D eigenvalue weighted by Crippen LogP contribution is -2.41. The van der Waals surface area contributed by atoms with Crippen molar-refractivity contribution in [3.8, 4) is 0 Å². The Morgan fingerprint density at radius 2 is 1.81 bits per heavy atom. The number of halogens is 1. The first kappa shape index (κ1) is 25.1. The number of fused-ring (bicyclic) bond motifs is 1. The van der Waals surface area contributed by atoms with Gasteiger partial charge < -0.3 is 16.0 Å². The molecule has 31 heavy (non-hydrogen) atoms. The summed E-state index contributed by atoms with van der Waals surface area (Å²) in [5.74, 6) is 0.831. The van der Waals surface area contributed by atoms with E-state index in [1.807, 2.05) is 54.6 Å². The maximum absolute atomic E-state index is 12.3. The Morgan fingerprint density at radius 3 is 2.55 bits per heavy atom. The number of aliphatic imine (C=N–C) groups is 1. The van der Waals surface area contributed by atoms with E-state index in [1.54, 1.807) is 7.05 Å². The van der Waals surface area contributed by atoms with Gasteiger partial charge in [0.05, 0.1) is 11.5 Å². The van der Waals surface area contributed by atoms with E-state index in [0.29, 0.717) is 31.9 Å². The van der Waals surface area contributed by atoms with Gasteiger partial charge >= 0.3 is 0 Å². The largest absolute Gasteiger partial charge is 0.356 e. The minimum absolute atomic E-state index is 0. The number of sulfone groups is 1. The second-order valence-corrected chi connectivity index (χ2v) is 9.53. The third-order valence-corrected chi connectivity index (χ3v) is 6.68. The van der Waals surface area contributed by atoms with Crippen LogP contribution >= 0.6 is 24.0 Å². The molecule has 0 saturated carbocycles. The second-order valence-electron chi connectivity index (χ2n) is 7.35. The van der Waals surface area contributed by atoms with Gasteiger partial charge in [0.1, 0.15) is 0 Å². The first-order valence-electron chi connectivity index (χ1n) is 10.0. The van der Waals surface area contributed by atoms with Crippen molar-refractivity contribution in [3.63, 3.8) is 0 Å². The topological polar surface area (TPSA) is 99.7 Å². The molecule has 1 aliphatic rings. The minimum atomic E-state index is -3.15. The van der Waals surface area contributed by atoms with Crippen molar-refractivity contribution in [2.45, 2.75) is 24.5 Å². The second kappa shape index (κ2) is 12.0. The zero-order chi connectivity index (χ0) is 21.4. The predicted molar refractivity (Wildman–Crippen MR) is 136 cm³/mol. The van der Waals surface area contributed by atoms with Gasteiger partial charge in [-0.05, 0) is 23.6 Å². The summed E-state index contributed by atoms with van der Waals surface area (Å²) < 4.78 is 24.6. The van der Waals surface area contributed by atoms with Gasteiger partial charge in [0, 0.05) is 38.2 Å². The predicted octanol–water partition coefficient (Wildman–Crippen LogP) is 2.90. The highest BCUT2D eigenvalue weighted by molar-refractivity contribution is 14.0. The van der Waals surface area contributed by atoms with Gasteiger partial charge in [-0.15, -0.1) is 24.0 Å². The zero-order valence-electron chi connectivity index (χ0n) is 17.5. The number of amides is 1.